The zero-order valence-corrected chi connectivity index (χ0v) is 26.7. The largest absolute Gasteiger partial charge is 0.530 e. The van der Waals surface area contributed by atoms with Gasteiger partial charge in [0.1, 0.15) is 5.75 Å². The molecule has 224 valence electrons. The van der Waals surface area contributed by atoms with Crippen LogP contribution in [0.15, 0.2) is 168 Å². The molecule has 1 heterocycles. The minimum atomic E-state index is -3.09. The van der Waals surface area contributed by atoms with Gasteiger partial charge in [-0.1, -0.05) is 133 Å². The quantitative estimate of drug-likeness (QED) is 0.112. The zero-order chi connectivity index (χ0) is 31.5. The second kappa shape index (κ2) is 12.3. The molecule has 5 nitrogen and oxygen atoms in total. The summed E-state index contributed by atoms with van der Waals surface area (Å²) in [6.07, 6.45) is 1.78. The normalized spacial score (nSPS) is 11.7. The molecule has 1 aromatic heterocycles. The van der Waals surface area contributed by atoms with Gasteiger partial charge in [0.2, 0.25) is 0 Å². The first-order chi connectivity index (χ1) is 22.6. The third-order valence-electron chi connectivity index (χ3n) is 8.54. The molecular formula is C40H33N3O2Si. The minimum absolute atomic E-state index is 0.174. The number of hydrogen-bond acceptors (Lipinski definition) is 3. The van der Waals surface area contributed by atoms with Gasteiger partial charge in [-0.2, -0.15) is 0 Å². The van der Waals surface area contributed by atoms with Gasteiger partial charge in [-0.15, -0.1) is 0 Å². The second-order valence-corrected chi connectivity index (χ2v) is 14.6. The van der Waals surface area contributed by atoms with Crippen LogP contribution in [0.2, 0.25) is 0 Å². The maximum atomic E-state index is 13.7. The lowest BCUT2D eigenvalue weighted by atomic mass is 10.1. The van der Waals surface area contributed by atoms with Crippen LogP contribution in [0.1, 0.15) is 11.3 Å². The second-order valence-electron chi connectivity index (χ2n) is 11.3. The van der Waals surface area contributed by atoms with Crippen LogP contribution in [-0.4, -0.2) is 23.9 Å². The fourth-order valence-corrected chi connectivity index (χ4v) is 9.97. The van der Waals surface area contributed by atoms with Crippen molar-refractivity contribution in [1.29, 1.82) is 0 Å². The van der Waals surface area contributed by atoms with Crippen molar-refractivity contribution in [3.63, 3.8) is 0 Å². The number of hydrogen-bond donors (Lipinski definition) is 0. The summed E-state index contributed by atoms with van der Waals surface area (Å²) >= 11 is 0. The molecule has 0 radical (unpaired) electrons. The molecule has 0 unspecified atom stereocenters. The molecule has 0 spiro atoms. The SMILES string of the molecule is Cc1c(N=Cc2cc3ccccc3cc2O[Si](c2ccccc2)(c2ccccc2)c2ccccc2)c(=O)n(-c2ccccc2)n1C. The van der Waals surface area contributed by atoms with Crippen molar-refractivity contribution in [1.82, 2.24) is 9.36 Å². The first-order valence-corrected chi connectivity index (χ1v) is 17.2. The number of aliphatic imine (C=N–C) groups is 1. The topological polar surface area (TPSA) is 48.5 Å². The summed E-state index contributed by atoms with van der Waals surface area (Å²) in [6, 6.07) is 53.6. The number of fused-ring (bicyclic) bond motifs is 1. The lowest BCUT2D eigenvalue weighted by molar-refractivity contribution is 0.577. The lowest BCUT2D eigenvalue weighted by Gasteiger charge is -2.34. The van der Waals surface area contributed by atoms with Crippen LogP contribution in [0, 0.1) is 6.92 Å². The van der Waals surface area contributed by atoms with Crippen LogP contribution in [0.25, 0.3) is 16.5 Å². The van der Waals surface area contributed by atoms with Crippen molar-refractivity contribution in [2.75, 3.05) is 0 Å². The maximum absolute atomic E-state index is 13.7. The molecule has 0 fully saturated rings. The van der Waals surface area contributed by atoms with E-state index in [0.717, 1.165) is 43.3 Å². The molecule has 46 heavy (non-hydrogen) atoms. The Morgan fingerprint density at radius 2 is 1.09 bits per heavy atom. The maximum Gasteiger partial charge on any atom is 0.346 e. The highest BCUT2D eigenvalue weighted by Gasteiger charge is 2.44. The summed E-state index contributed by atoms with van der Waals surface area (Å²) in [7, 11) is -1.21. The predicted molar refractivity (Wildman–Crippen MR) is 192 cm³/mol. The van der Waals surface area contributed by atoms with Crippen molar-refractivity contribution in [3.05, 3.63) is 179 Å². The van der Waals surface area contributed by atoms with Crippen LogP contribution >= 0.6 is 0 Å². The van der Waals surface area contributed by atoms with Gasteiger partial charge in [-0.25, -0.2) is 9.67 Å². The number of para-hydroxylation sites is 1. The predicted octanol–water partition coefficient (Wildman–Crippen LogP) is 6.43. The van der Waals surface area contributed by atoms with Crippen LogP contribution in [0.4, 0.5) is 5.69 Å². The zero-order valence-electron chi connectivity index (χ0n) is 25.7. The van der Waals surface area contributed by atoms with E-state index in [1.165, 1.54) is 0 Å². The Hall–Kier alpha value is -5.72. The Bertz CT molecular complexity index is 2110. The molecule has 0 amide bonds. The molecule has 0 saturated heterocycles. The highest BCUT2D eigenvalue weighted by atomic mass is 28.4. The van der Waals surface area contributed by atoms with Gasteiger partial charge < -0.3 is 4.43 Å². The molecule has 0 atom stereocenters. The van der Waals surface area contributed by atoms with E-state index in [-0.39, 0.29) is 5.56 Å². The van der Waals surface area contributed by atoms with Crippen LogP contribution in [-0.2, 0) is 7.05 Å². The minimum Gasteiger partial charge on any atom is -0.530 e. The van der Waals surface area contributed by atoms with E-state index >= 15 is 0 Å². The Labute approximate surface area is 269 Å². The molecular weight excluding hydrogens is 583 g/mol. The molecule has 7 rings (SSSR count). The molecule has 6 aromatic carbocycles. The Kier molecular flexibility index (Phi) is 7.79. The number of rotatable bonds is 8. The van der Waals surface area contributed by atoms with Gasteiger partial charge in [0.15, 0.2) is 5.69 Å². The monoisotopic (exact) mass is 615 g/mol. The van der Waals surface area contributed by atoms with Gasteiger partial charge in [0.25, 0.3) is 5.56 Å². The highest BCUT2D eigenvalue weighted by Crippen LogP contribution is 2.28. The summed E-state index contributed by atoms with van der Waals surface area (Å²) in [6.45, 7) is 1.92. The fourth-order valence-electron chi connectivity index (χ4n) is 6.12. The van der Waals surface area contributed by atoms with Gasteiger partial charge in [0.05, 0.1) is 11.4 Å². The summed E-state index contributed by atoms with van der Waals surface area (Å²) in [4.78, 5) is 18.6. The smallest absolute Gasteiger partial charge is 0.346 e. The van der Waals surface area contributed by atoms with Crippen LogP contribution in [0.5, 0.6) is 5.75 Å². The van der Waals surface area contributed by atoms with E-state index in [1.54, 1.807) is 10.9 Å². The van der Waals surface area contributed by atoms with Crippen LogP contribution < -0.4 is 25.5 Å². The summed E-state index contributed by atoms with van der Waals surface area (Å²) in [5.41, 5.74) is 2.58. The van der Waals surface area contributed by atoms with Crippen molar-refractivity contribution in [3.8, 4) is 11.4 Å². The molecule has 0 aliphatic rings. The number of benzene rings is 6. The van der Waals surface area contributed by atoms with E-state index in [2.05, 4.69) is 97.1 Å². The van der Waals surface area contributed by atoms with E-state index in [4.69, 9.17) is 9.42 Å². The Morgan fingerprint density at radius 3 is 1.61 bits per heavy atom. The Balaban J connectivity index is 1.44. The third-order valence-corrected chi connectivity index (χ3v) is 12.5. The summed E-state index contributed by atoms with van der Waals surface area (Å²) in [5.74, 6) is 0.711. The third kappa shape index (κ3) is 5.19. The summed E-state index contributed by atoms with van der Waals surface area (Å²) in [5, 5.41) is 5.53. The number of nitrogens with zero attached hydrogens (tertiary/aromatic N) is 3. The fraction of sp³-hybridized carbons (Fsp3) is 0.0500. The van der Waals surface area contributed by atoms with Gasteiger partial charge in [0, 0.05) is 18.8 Å². The van der Waals surface area contributed by atoms with Gasteiger partial charge in [-0.3, -0.25) is 9.48 Å². The highest BCUT2D eigenvalue weighted by molar-refractivity contribution is 7.07. The van der Waals surface area contributed by atoms with Gasteiger partial charge in [-0.05, 0) is 57.5 Å². The summed E-state index contributed by atoms with van der Waals surface area (Å²) < 4.78 is 11.0. The standard InChI is InChI=1S/C40H33N3O2Si/c1-30-39(40(44)43(42(30)2)34-19-7-3-8-20-34)41-29-33-27-31-17-15-16-18-32(31)28-38(33)45-46(35-21-9-4-10-22-35,36-23-11-5-12-24-36)37-25-13-6-14-26-37/h3-29H,1-2H3. The molecule has 6 heteroatoms. The lowest BCUT2D eigenvalue weighted by Crippen LogP contribution is -2.71. The van der Waals surface area contributed by atoms with Crippen molar-refractivity contribution < 1.29 is 4.43 Å². The molecule has 0 aliphatic heterocycles. The van der Waals surface area contributed by atoms with E-state index in [0.29, 0.717) is 11.4 Å². The molecule has 0 aliphatic carbocycles. The van der Waals surface area contributed by atoms with Crippen LogP contribution in [0.3, 0.4) is 0 Å². The van der Waals surface area contributed by atoms with Crippen molar-refractivity contribution in [2.24, 2.45) is 12.0 Å². The molecule has 0 bridgehead atoms. The van der Waals surface area contributed by atoms with E-state index in [1.807, 2.05) is 79.3 Å². The molecule has 7 aromatic rings. The number of aromatic nitrogens is 2. The first kappa shape index (κ1) is 29.0. The van der Waals surface area contributed by atoms with Crippen molar-refractivity contribution in [2.45, 2.75) is 6.92 Å². The first-order valence-electron chi connectivity index (χ1n) is 15.3. The average molecular weight is 616 g/mol. The van der Waals surface area contributed by atoms with E-state index in [9.17, 15) is 4.79 Å². The Morgan fingerprint density at radius 1 is 0.630 bits per heavy atom. The molecule has 0 N–H and O–H groups in total. The van der Waals surface area contributed by atoms with E-state index < -0.39 is 8.32 Å². The molecule has 0 saturated carbocycles. The van der Waals surface area contributed by atoms with Crippen molar-refractivity contribution >= 4 is 46.6 Å². The van der Waals surface area contributed by atoms with Gasteiger partial charge >= 0.3 is 8.32 Å². The average Bonchev–Trinajstić information content (AvgIpc) is 3.33.